The fourth-order valence-corrected chi connectivity index (χ4v) is 5.66. The monoisotopic (exact) mass is 395 g/mol. The van der Waals surface area contributed by atoms with Gasteiger partial charge in [-0.15, -0.1) is 10.2 Å². The van der Waals surface area contributed by atoms with Gasteiger partial charge in [-0.3, -0.25) is 4.90 Å². The lowest BCUT2D eigenvalue weighted by Crippen LogP contribution is -2.48. The number of anilines is 1. The standard InChI is InChI=1S/C23H33N5O/c1-26-22(16-29)24-25-23(26)19-6-3-11-28(15-19)20-9-12-27(13-10-20)21-8-7-17-4-2-5-18(17)14-21/h7-8,14,19-20,29H,2-6,9-13,15-16H2,1H3. The Kier molecular flexibility index (Phi) is 5.31. The van der Waals surface area contributed by atoms with Crippen LogP contribution in [0.3, 0.4) is 0 Å². The van der Waals surface area contributed by atoms with Crippen LogP contribution in [-0.2, 0) is 26.5 Å². The molecule has 1 aromatic carbocycles. The number of nitrogens with zero attached hydrogens (tertiary/aromatic N) is 5. The molecule has 0 saturated carbocycles. The van der Waals surface area contributed by atoms with Crippen LogP contribution in [0.2, 0.25) is 0 Å². The van der Waals surface area contributed by atoms with E-state index in [4.69, 9.17) is 0 Å². The molecule has 0 amide bonds. The number of fused-ring (bicyclic) bond motifs is 1. The van der Waals surface area contributed by atoms with Crippen LogP contribution in [0.1, 0.15) is 60.8 Å². The topological polar surface area (TPSA) is 57.4 Å². The van der Waals surface area contributed by atoms with Crippen LogP contribution in [0.15, 0.2) is 18.2 Å². The SMILES string of the molecule is Cn1c(CO)nnc1C1CCCN(C2CCN(c3ccc4c(c3)CCC4)CC2)C1. The fourth-order valence-electron chi connectivity index (χ4n) is 5.66. The molecule has 3 heterocycles. The highest BCUT2D eigenvalue weighted by Gasteiger charge is 2.31. The second-order valence-corrected chi connectivity index (χ2v) is 9.05. The molecule has 2 saturated heterocycles. The van der Waals surface area contributed by atoms with Crippen molar-refractivity contribution in [1.29, 1.82) is 0 Å². The number of piperidine rings is 2. The lowest BCUT2D eigenvalue weighted by atomic mass is 9.93. The number of aliphatic hydroxyl groups is 1. The van der Waals surface area contributed by atoms with Gasteiger partial charge in [0.25, 0.3) is 0 Å². The summed E-state index contributed by atoms with van der Waals surface area (Å²) in [6, 6.07) is 7.83. The molecular formula is C23H33N5O. The van der Waals surface area contributed by atoms with Gasteiger partial charge in [0.05, 0.1) is 0 Å². The molecule has 1 atom stereocenters. The summed E-state index contributed by atoms with van der Waals surface area (Å²) in [6.07, 6.45) is 8.71. The Morgan fingerprint density at radius 3 is 2.62 bits per heavy atom. The molecule has 0 radical (unpaired) electrons. The van der Waals surface area contributed by atoms with Crippen LogP contribution in [0.5, 0.6) is 0 Å². The van der Waals surface area contributed by atoms with Gasteiger partial charge >= 0.3 is 0 Å². The highest BCUT2D eigenvalue weighted by atomic mass is 16.3. The van der Waals surface area contributed by atoms with E-state index in [1.807, 2.05) is 11.6 Å². The van der Waals surface area contributed by atoms with Crippen molar-refractivity contribution in [2.24, 2.45) is 7.05 Å². The molecule has 0 spiro atoms. The first-order valence-electron chi connectivity index (χ1n) is 11.3. The average Bonchev–Trinajstić information content (AvgIpc) is 3.39. The van der Waals surface area contributed by atoms with Gasteiger partial charge in [-0.1, -0.05) is 6.07 Å². The summed E-state index contributed by atoms with van der Waals surface area (Å²) in [4.78, 5) is 5.29. The summed E-state index contributed by atoms with van der Waals surface area (Å²) in [7, 11) is 1.98. The quantitative estimate of drug-likeness (QED) is 0.863. The molecule has 1 N–H and O–H groups in total. The van der Waals surface area contributed by atoms with E-state index >= 15 is 0 Å². The van der Waals surface area contributed by atoms with Crippen molar-refractivity contribution < 1.29 is 5.11 Å². The van der Waals surface area contributed by atoms with Crippen molar-refractivity contribution in [3.05, 3.63) is 41.0 Å². The number of aliphatic hydroxyl groups excluding tert-OH is 1. The minimum atomic E-state index is -0.0406. The summed E-state index contributed by atoms with van der Waals surface area (Å²) in [6.45, 7) is 4.54. The third kappa shape index (κ3) is 3.68. The number of rotatable bonds is 4. The minimum Gasteiger partial charge on any atom is -0.388 e. The molecule has 3 aliphatic rings. The Bertz CT molecular complexity index is 855. The Morgan fingerprint density at radius 2 is 1.83 bits per heavy atom. The highest BCUT2D eigenvalue weighted by Crippen LogP contribution is 2.32. The van der Waals surface area contributed by atoms with E-state index < -0.39 is 0 Å². The van der Waals surface area contributed by atoms with Crippen molar-refractivity contribution >= 4 is 5.69 Å². The predicted octanol–water partition coefficient (Wildman–Crippen LogP) is 2.64. The van der Waals surface area contributed by atoms with Gasteiger partial charge in [-0.25, -0.2) is 0 Å². The van der Waals surface area contributed by atoms with E-state index in [1.54, 1.807) is 11.1 Å². The lowest BCUT2D eigenvalue weighted by molar-refractivity contribution is 0.125. The maximum Gasteiger partial charge on any atom is 0.158 e. The van der Waals surface area contributed by atoms with Gasteiger partial charge < -0.3 is 14.6 Å². The molecule has 1 unspecified atom stereocenters. The number of aromatic nitrogens is 3. The van der Waals surface area contributed by atoms with E-state index in [-0.39, 0.29) is 6.61 Å². The number of hydrogen-bond donors (Lipinski definition) is 1. The van der Waals surface area contributed by atoms with Gasteiger partial charge in [0.1, 0.15) is 12.4 Å². The zero-order chi connectivity index (χ0) is 19.8. The number of likely N-dealkylation sites (tertiary alicyclic amines) is 1. The number of hydrogen-bond acceptors (Lipinski definition) is 5. The maximum atomic E-state index is 9.42. The van der Waals surface area contributed by atoms with Crippen molar-refractivity contribution in [2.75, 3.05) is 31.1 Å². The summed E-state index contributed by atoms with van der Waals surface area (Å²) in [5.74, 6) is 2.13. The molecule has 2 aromatic rings. The minimum absolute atomic E-state index is 0.0406. The van der Waals surface area contributed by atoms with Crippen molar-refractivity contribution in [3.8, 4) is 0 Å². The zero-order valence-corrected chi connectivity index (χ0v) is 17.6. The molecule has 6 nitrogen and oxygen atoms in total. The summed E-state index contributed by atoms with van der Waals surface area (Å²) in [5.41, 5.74) is 4.57. The van der Waals surface area contributed by atoms with Gasteiger partial charge in [0.2, 0.25) is 0 Å². The van der Waals surface area contributed by atoms with Gasteiger partial charge in [-0.2, -0.15) is 0 Å². The zero-order valence-electron chi connectivity index (χ0n) is 17.6. The molecule has 156 valence electrons. The van der Waals surface area contributed by atoms with Crippen LogP contribution < -0.4 is 4.90 Å². The summed E-state index contributed by atoms with van der Waals surface area (Å²) >= 11 is 0. The molecule has 29 heavy (non-hydrogen) atoms. The second kappa shape index (κ2) is 8.07. The molecule has 2 fully saturated rings. The third-order valence-corrected chi connectivity index (χ3v) is 7.39. The molecule has 0 bridgehead atoms. The van der Waals surface area contributed by atoms with Gasteiger partial charge in [0, 0.05) is 44.3 Å². The lowest BCUT2D eigenvalue weighted by Gasteiger charge is -2.42. The van der Waals surface area contributed by atoms with E-state index in [9.17, 15) is 5.11 Å². The molecule has 6 heteroatoms. The molecule has 1 aromatic heterocycles. The third-order valence-electron chi connectivity index (χ3n) is 7.39. The van der Waals surface area contributed by atoms with Crippen LogP contribution in [0.4, 0.5) is 5.69 Å². The molecule has 2 aliphatic heterocycles. The first-order chi connectivity index (χ1) is 14.2. The summed E-state index contributed by atoms with van der Waals surface area (Å²) < 4.78 is 1.99. The van der Waals surface area contributed by atoms with Crippen LogP contribution in [-0.4, -0.2) is 57.0 Å². The fraction of sp³-hybridized carbons (Fsp3) is 0.652. The first kappa shape index (κ1) is 19.1. The van der Waals surface area contributed by atoms with E-state index in [1.165, 1.54) is 57.2 Å². The Labute approximate surface area is 173 Å². The van der Waals surface area contributed by atoms with E-state index in [2.05, 4.69) is 38.2 Å². The van der Waals surface area contributed by atoms with Gasteiger partial charge in [0.15, 0.2) is 5.82 Å². The number of aryl methyl sites for hydroxylation is 2. The normalized spacial score (nSPS) is 23.5. The van der Waals surface area contributed by atoms with E-state index in [0.29, 0.717) is 17.8 Å². The van der Waals surface area contributed by atoms with Crippen molar-refractivity contribution in [2.45, 2.75) is 63.5 Å². The Morgan fingerprint density at radius 1 is 1.00 bits per heavy atom. The van der Waals surface area contributed by atoms with Crippen LogP contribution in [0, 0.1) is 0 Å². The first-order valence-corrected chi connectivity index (χ1v) is 11.3. The Balaban J connectivity index is 1.21. The van der Waals surface area contributed by atoms with Crippen LogP contribution >= 0.6 is 0 Å². The summed E-state index contributed by atoms with van der Waals surface area (Å²) in [5, 5.41) is 18.0. The average molecular weight is 396 g/mol. The van der Waals surface area contributed by atoms with Gasteiger partial charge in [-0.05, 0) is 74.8 Å². The largest absolute Gasteiger partial charge is 0.388 e. The highest BCUT2D eigenvalue weighted by molar-refractivity contribution is 5.52. The smallest absolute Gasteiger partial charge is 0.158 e. The molecular weight excluding hydrogens is 362 g/mol. The van der Waals surface area contributed by atoms with Crippen LogP contribution in [0.25, 0.3) is 0 Å². The van der Waals surface area contributed by atoms with Crippen molar-refractivity contribution in [3.63, 3.8) is 0 Å². The molecule has 5 rings (SSSR count). The van der Waals surface area contributed by atoms with E-state index in [0.717, 1.165) is 25.5 Å². The second-order valence-electron chi connectivity index (χ2n) is 9.05. The molecule has 1 aliphatic carbocycles. The van der Waals surface area contributed by atoms with Crippen molar-refractivity contribution in [1.82, 2.24) is 19.7 Å². The number of benzene rings is 1. The maximum absolute atomic E-state index is 9.42. The Hall–Kier alpha value is -1.92. The predicted molar refractivity (Wildman–Crippen MR) is 114 cm³/mol.